The zero-order valence-electron chi connectivity index (χ0n) is 19.7. The summed E-state index contributed by atoms with van der Waals surface area (Å²) in [5, 5.41) is 16.6. The zero-order valence-corrected chi connectivity index (χ0v) is 22.1. The second-order valence-corrected chi connectivity index (χ2v) is 10.2. The average molecular weight is 565 g/mol. The molecular weight excluding hydrogens is 544 g/mol. The molecule has 3 aromatic carbocycles. The Hall–Kier alpha value is -4.13. The van der Waals surface area contributed by atoms with E-state index >= 15 is 0 Å². The summed E-state index contributed by atoms with van der Waals surface area (Å²) in [7, 11) is 0. The van der Waals surface area contributed by atoms with Crippen LogP contribution < -0.4 is 21.3 Å². The van der Waals surface area contributed by atoms with Gasteiger partial charge in [0.25, 0.3) is 5.95 Å². The van der Waals surface area contributed by atoms with E-state index in [2.05, 4.69) is 31.0 Å². The van der Waals surface area contributed by atoms with Crippen molar-refractivity contribution in [2.75, 3.05) is 22.3 Å². The number of para-hydroxylation sites is 2. The minimum Gasteiger partial charge on any atom is -0.488 e. The zero-order chi connectivity index (χ0) is 26.3. The second kappa shape index (κ2) is 11.9. The van der Waals surface area contributed by atoms with Gasteiger partial charge in [0.1, 0.15) is 12.4 Å². The number of fused-ring (bicyclic) bond motifs is 1. The van der Waals surface area contributed by atoms with Gasteiger partial charge in [0.05, 0.1) is 22.2 Å². The van der Waals surface area contributed by atoms with E-state index in [4.69, 9.17) is 22.2 Å². The van der Waals surface area contributed by atoms with Crippen LogP contribution in [0, 0.1) is 0 Å². The van der Waals surface area contributed by atoms with E-state index in [1.54, 1.807) is 6.21 Å². The van der Waals surface area contributed by atoms with Gasteiger partial charge in [-0.2, -0.15) is 5.10 Å². The van der Waals surface area contributed by atoms with Crippen molar-refractivity contribution < 1.29 is 9.53 Å². The standard InChI is InChI=1S/C25H21ClN8O2S2/c26-18-9-3-1-8-17(18)14-36-20-11-5-2-7-16(20)13-28-31-23-32-33-25(34(23)27)37-15-22(35)30-24-29-19-10-4-6-12-21(19)38-24/h1-13H,14-15,27H2,(H,31,32)(H,29,30,35)/b28-13+. The number of aromatic nitrogens is 4. The summed E-state index contributed by atoms with van der Waals surface area (Å²) in [5.41, 5.74) is 5.24. The summed E-state index contributed by atoms with van der Waals surface area (Å²) in [5.74, 6) is 6.80. The van der Waals surface area contributed by atoms with E-state index in [1.807, 2.05) is 72.8 Å². The Morgan fingerprint density at radius 2 is 1.89 bits per heavy atom. The number of carbonyl (C=O) groups excluding carboxylic acids is 1. The minimum atomic E-state index is -0.224. The first-order chi connectivity index (χ1) is 18.6. The van der Waals surface area contributed by atoms with Gasteiger partial charge in [-0.15, -0.1) is 10.2 Å². The number of rotatable bonds is 10. The number of nitrogens with two attached hydrogens (primary N) is 1. The van der Waals surface area contributed by atoms with Gasteiger partial charge in [-0.05, 0) is 30.3 Å². The van der Waals surface area contributed by atoms with E-state index in [1.165, 1.54) is 16.0 Å². The van der Waals surface area contributed by atoms with Crippen LogP contribution in [-0.2, 0) is 11.4 Å². The lowest BCUT2D eigenvalue weighted by atomic mass is 10.2. The normalized spacial score (nSPS) is 11.2. The number of thiazole rings is 1. The van der Waals surface area contributed by atoms with Crippen LogP contribution >= 0.6 is 34.7 Å². The number of hydrogen-bond acceptors (Lipinski definition) is 10. The smallest absolute Gasteiger partial charge is 0.264 e. The van der Waals surface area contributed by atoms with Gasteiger partial charge < -0.3 is 15.9 Å². The molecule has 1 amide bonds. The fourth-order valence-electron chi connectivity index (χ4n) is 3.31. The highest BCUT2D eigenvalue weighted by Crippen LogP contribution is 2.26. The van der Waals surface area contributed by atoms with Crippen molar-refractivity contribution in [1.29, 1.82) is 0 Å². The molecule has 192 valence electrons. The van der Waals surface area contributed by atoms with Crippen LogP contribution in [0.25, 0.3) is 10.2 Å². The van der Waals surface area contributed by atoms with Crippen molar-refractivity contribution in [3.05, 3.63) is 88.9 Å². The van der Waals surface area contributed by atoms with Crippen LogP contribution in [0.1, 0.15) is 11.1 Å². The molecule has 5 aromatic rings. The number of thioether (sulfide) groups is 1. The number of nitrogens with zero attached hydrogens (tertiary/aromatic N) is 5. The number of nitrogen functional groups attached to an aromatic ring is 1. The van der Waals surface area contributed by atoms with Gasteiger partial charge >= 0.3 is 0 Å². The molecule has 0 spiro atoms. The third kappa shape index (κ3) is 6.22. The summed E-state index contributed by atoms with van der Waals surface area (Å²) < 4.78 is 8.17. The molecule has 0 atom stereocenters. The number of amides is 1. The van der Waals surface area contributed by atoms with E-state index in [0.717, 1.165) is 33.1 Å². The van der Waals surface area contributed by atoms with Crippen LogP contribution in [0.5, 0.6) is 5.75 Å². The van der Waals surface area contributed by atoms with Crippen LogP contribution in [0.15, 0.2) is 83.1 Å². The molecular formula is C25H21ClN8O2S2. The van der Waals surface area contributed by atoms with Crippen molar-refractivity contribution in [2.45, 2.75) is 11.8 Å². The van der Waals surface area contributed by atoms with Gasteiger partial charge in [0.15, 0.2) is 5.13 Å². The maximum atomic E-state index is 12.4. The van der Waals surface area contributed by atoms with Gasteiger partial charge in [-0.25, -0.2) is 15.1 Å². The Balaban J connectivity index is 1.15. The fourth-order valence-corrected chi connectivity index (χ4v) is 5.04. The number of ether oxygens (including phenoxy) is 1. The number of benzene rings is 3. The lowest BCUT2D eigenvalue weighted by molar-refractivity contribution is -0.113. The fraction of sp³-hybridized carbons (Fsp3) is 0.0800. The maximum Gasteiger partial charge on any atom is 0.264 e. The van der Waals surface area contributed by atoms with Gasteiger partial charge in [0, 0.05) is 16.1 Å². The molecule has 0 fully saturated rings. The molecule has 0 bridgehead atoms. The largest absolute Gasteiger partial charge is 0.488 e. The first kappa shape index (κ1) is 25.5. The van der Waals surface area contributed by atoms with Crippen LogP contribution in [0.4, 0.5) is 11.1 Å². The molecule has 2 aromatic heterocycles. The molecule has 5 rings (SSSR count). The number of nitrogens with one attached hydrogen (secondary N) is 2. The molecule has 38 heavy (non-hydrogen) atoms. The summed E-state index contributed by atoms with van der Waals surface area (Å²) in [6.07, 6.45) is 1.59. The van der Waals surface area contributed by atoms with Crippen molar-refractivity contribution in [3.8, 4) is 5.75 Å². The summed E-state index contributed by atoms with van der Waals surface area (Å²) in [6.45, 7) is 0.322. The van der Waals surface area contributed by atoms with Crippen LogP contribution in [0.2, 0.25) is 5.02 Å². The van der Waals surface area contributed by atoms with Gasteiger partial charge in [0.2, 0.25) is 11.1 Å². The molecule has 0 aliphatic carbocycles. The summed E-state index contributed by atoms with van der Waals surface area (Å²) in [6, 6.07) is 22.7. The molecule has 0 aliphatic rings. The number of halogens is 1. The molecule has 0 saturated carbocycles. The Bertz CT molecular complexity index is 1570. The number of hydrogen-bond donors (Lipinski definition) is 3. The average Bonchev–Trinajstić information content (AvgIpc) is 3.50. The van der Waals surface area contributed by atoms with Crippen molar-refractivity contribution in [3.63, 3.8) is 0 Å². The predicted octanol–water partition coefficient (Wildman–Crippen LogP) is 5.01. The summed E-state index contributed by atoms with van der Waals surface area (Å²) >= 11 is 8.78. The van der Waals surface area contributed by atoms with Crippen LogP contribution in [0.3, 0.4) is 0 Å². The van der Waals surface area contributed by atoms with Gasteiger partial charge in [-0.1, -0.05) is 77.2 Å². The highest BCUT2D eigenvalue weighted by atomic mass is 35.5. The Labute approximate surface area is 230 Å². The molecule has 0 aliphatic heterocycles. The van der Waals surface area contributed by atoms with Crippen molar-refractivity contribution >= 4 is 68.1 Å². The maximum absolute atomic E-state index is 12.4. The lowest BCUT2D eigenvalue weighted by Crippen LogP contribution is -2.16. The molecule has 13 heteroatoms. The summed E-state index contributed by atoms with van der Waals surface area (Å²) in [4.78, 5) is 16.8. The molecule has 10 nitrogen and oxygen atoms in total. The lowest BCUT2D eigenvalue weighted by Gasteiger charge is -2.10. The quantitative estimate of drug-likeness (QED) is 0.0933. The molecule has 0 radical (unpaired) electrons. The minimum absolute atomic E-state index is 0.0880. The van der Waals surface area contributed by atoms with Gasteiger partial charge in [-0.3, -0.25) is 4.79 Å². The van der Waals surface area contributed by atoms with E-state index < -0.39 is 0 Å². The first-order valence-electron chi connectivity index (χ1n) is 11.3. The Morgan fingerprint density at radius 1 is 1.11 bits per heavy atom. The predicted molar refractivity (Wildman–Crippen MR) is 153 cm³/mol. The molecule has 4 N–H and O–H groups in total. The van der Waals surface area contributed by atoms with E-state index in [9.17, 15) is 4.79 Å². The Kier molecular flexibility index (Phi) is 8.02. The molecule has 0 unspecified atom stereocenters. The first-order valence-corrected chi connectivity index (χ1v) is 13.5. The van der Waals surface area contributed by atoms with Crippen molar-refractivity contribution in [1.82, 2.24) is 19.9 Å². The third-order valence-electron chi connectivity index (χ3n) is 5.17. The monoisotopic (exact) mass is 564 g/mol. The molecule has 0 saturated heterocycles. The van der Waals surface area contributed by atoms with Crippen molar-refractivity contribution in [2.24, 2.45) is 5.10 Å². The van der Waals surface area contributed by atoms with E-state index in [-0.39, 0.29) is 17.6 Å². The SMILES string of the molecule is Nn1c(N/N=C/c2ccccc2OCc2ccccc2Cl)nnc1SCC(=O)Nc1nc2ccccc2s1. The highest BCUT2D eigenvalue weighted by molar-refractivity contribution is 7.99. The third-order valence-corrected chi connectivity index (χ3v) is 7.43. The number of anilines is 2. The number of hydrazone groups is 1. The topological polar surface area (TPSA) is 132 Å². The van der Waals surface area contributed by atoms with Crippen LogP contribution in [-0.4, -0.2) is 37.7 Å². The van der Waals surface area contributed by atoms with E-state index in [0.29, 0.717) is 27.7 Å². The highest BCUT2D eigenvalue weighted by Gasteiger charge is 2.13. The molecule has 2 heterocycles. The second-order valence-electron chi connectivity index (χ2n) is 7.79. The number of carbonyl (C=O) groups is 1. The Morgan fingerprint density at radius 3 is 2.76 bits per heavy atom.